The van der Waals surface area contributed by atoms with Gasteiger partial charge >= 0.3 is 0 Å². The molecule has 0 saturated carbocycles. The van der Waals surface area contributed by atoms with Crippen LogP contribution >= 0.6 is 11.8 Å². The molecule has 0 aliphatic carbocycles. The van der Waals surface area contributed by atoms with Gasteiger partial charge in [0.15, 0.2) is 0 Å². The summed E-state index contributed by atoms with van der Waals surface area (Å²) in [6.45, 7) is 4.27. The molecule has 0 heterocycles. The molecule has 1 atom stereocenters. The van der Waals surface area contributed by atoms with Crippen molar-refractivity contribution in [3.63, 3.8) is 0 Å². The molecule has 1 N–H and O–H groups in total. The van der Waals surface area contributed by atoms with Crippen LogP contribution < -0.4 is 0 Å². The van der Waals surface area contributed by atoms with Gasteiger partial charge in [0.1, 0.15) is 0 Å². The first-order chi connectivity index (χ1) is 4.81. The predicted octanol–water partition coefficient (Wildman–Crippen LogP) is 2.29. The highest BCUT2D eigenvalue weighted by Crippen LogP contribution is 2.07. The largest absolute Gasteiger partial charge is 0.392 e. The fourth-order valence-electron chi connectivity index (χ4n) is 0.780. The van der Waals surface area contributed by atoms with Crippen molar-refractivity contribution in [2.24, 2.45) is 0 Å². The molecule has 2 heteroatoms. The third kappa shape index (κ3) is 6.43. The summed E-state index contributed by atoms with van der Waals surface area (Å²) in [4.78, 5) is 0. The summed E-state index contributed by atoms with van der Waals surface area (Å²) in [6, 6.07) is 0. The van der Waals surface area contributed by atoms with E-state index in [2.05, 4.69) is 13.8 Å². The average Bonchev–Trinajstić information content (AvgIpc) is 1.89. The van der Waals surface area contributed by atoms with Crippen molar-refractivity contribution >= 4 is 11.8 Å². The minimum atomic E-state index is -0.0680. The van der Waals surface area contributed by atoms with E-state index in [1.807, 2.05) is 11.8 Å². The van der Waals surface area contributed by atoms with Crippen LogP contribution in [0.15, 0.2) is 0 Å². The minimum Gasteiger partial charge on any atom is -0.392 e. The molecule has 0 aliphatic rings. The van der Waals surface area contributed by atoms with Crippen LogP contribution in [0, 0.1) is 0 Å². The molecule has 0 aromatic rings. The molecule has 0 saturated heterocycles. The van der Waals surface area contributed by atoms with E-state index in [-0.39, 0.29) is 6.10 Å². The Hall–Kier alpha value is 0.310. The first-order valence-corrected chi connectivity index (χ1v) is 5.22. The summed E-state index contributed by atoms with van der Waals surface area (Å²) in [5.74, 6) is 2.10. The van der Waals surface area contributed by atoms with Crippen molar-refractivity contribution in [1.82, 2.24) is 0 Å². The molecule has 0 aromatic heterocycles. The maximum absolute atomic E-state index is 9.25. The summed E-state index contributed by atoms with van der Waals surface area (Å²) in [6.07, 6.45) is 3.19. The van der Waals surface area contributed by atoms with E-state index in [1.54, 1.807) is 0 Å². The molecule has 0 bridgehead atoms. The van der Waals surface area contributed by atoms with Crippen LogP contribution in [0.2, 0.25) is 0 Å². The van der Waals surface area contributed by atoms with E-state index in [1.165, 1.54) is 12.2 Å². The van der Waals surface area contributed by atoms with Gasteiger partial charge in [-0.25, -0.2) is 0 Å². The number of rotatable bonds is 6. The van der Waals surface area contributed by atoms with Crippen LogP contribution in [0.3, 0.4) is 0 Å². The third-order valence-corrected chi connectivity index (χ3v) is 2.60. The van der Waals surface area contributed by atoms with E-state index >= 15 is 0 Å². The van der Waals surface area contributed by atoms with E-state index in [0.29, 0.717) is 0 Å². The Balaban J connectivity index is 2.97. The first kappa shape index (κ1) is 10.3. The highest BCUT2D eigenvalue weighted by Gasteiger charge is 2.00. The molecule has 62 valence electrons. The van der Waals surface area contributed by atoms with Crippen molar-refractivity contribution in [3.8, 4) is 0 Å². The van der Waals surface area contributed by atoms with Crippen molar-refractivity contribution in [3.05, 3.63) is 0 Å². The van der Waals surface area contributed by atoms with Crippen LogP contribution in [0.1, 0.15) is 33.1 Å². The minimum absolute atomic E-state index is 0.0680. The molecule has 0 aromatic carbocycles. The standard InChI is InChI=1S/C8H18OS/c1-3-5-8(9)7-10-6-4-2/h8-9H,3-7H2,1-2H3. The van der Waals surface area contributed by atoms with Crippen molar-refractivity contribution in [1.29, 1.82) is 0 Å². The van der Waals surface area contributed by atoms with Gasteiger partial charge in [-0.1, -0.05) is 20.3 Å². The molecule has 0 amide bonds. The number of hydrogen-bond acceptors (Lipinski definition) is 2. The second-order valence-corrected chi connectivity index (χ2v) is 3.67. The number of thioether (sulfide) groups is 1. The lowest BCUT2D eigenvalue weighted by Crippen LogP contribution is -2.09. The van der Waals surface area contributed by atoms with Gasteiger partial charge in [-0.05, 0) is 18.6 Å². The average molecular weight is 162 g/mol. The van der Waals surface area contributed by atoms with E-state index < -0.39 is 0 Å². The molecular formula is C8H18OS. The van der Waals surface area contributed by atoms with Gasteiger partial charge in [0.25, 0.3) is 0 Å². The molecule has 1 unspecified atom stereocenters. The Bertz CT molecular complexity index is 66.3. The van der Waals surface area contributed by atoms with Crippen LogP contribution in [-0.2, 0) is 0 Å². The zero-order valence-corrected chi connectivity index (χ0v) is 7.78. The Morgan fingerprint density at radius 3 is 2.50 bits per heavy atom. The second-order valence-electron chi connectivity index (χ2n) is 2.52. The second kappa shape index (κ2) is 7.42. The molecule has 0 spiro atoms. The predicted molar refractivity (Wildman–Crippen MR) is 48.5 cm³/mol. The summed E-state index contributed by atoms with van der Waals surface area (Å²) in [5, 5.41) is 9.25. The summed E-state index contributed by atoms with van der Waals surface area (Å²) in [5.41, 5.74) is 0. The number of hydrogen-bond donors (Lipinski definition) is 1. The van der Waals surface area contributed by atoms with Crippen LogP contribution in [0.4, 0.5) is 0 Å². The fraction of sp³-hybridized carbons (Fsp3) is 1.00. The van der Waals surface area contributed by atoms with Gasteiger partial charge < -0.3 is 5.11 Å². The Morgan fingerprint density at radius 1 is 1.30 bits per heavy atom. The fourth-order valence-corrected chi connectivity index (χ4v) is 1.67. The Kier molecular flexibility index (Phi) is 7.65. The van der Waals surface area contributed by atoms with Gasteiger partial charge in [0.05, 0.1) is 6.10 Å². The van der Waals surface area contributed by atoms with E-state index in [4.69, 9.17) is 0 Å². The highest BCUT2D eigenvalue weighted by molar-refractivity contribution is 7.99. The van der Waals surface area contributed by atoms with Crippen LogP contribution in [0.25, 0.3) is 0 Å². The van der Waals surface area contributed by atoms with Gasteiger partial charge in [-0.3, -0.25) is 0 Å². The number of aliphatic hydroxyl groups excluding tert-OH is 1. The van der Waals surface area contributed by atoms with Crippen LogP contribution in [0.5, 0.6) is 0 Å². The van der Waals surface area contributed by atoms with Crippen molar-refractivity contribution in [2.45, 2.75) is 39.2 Å². The van der Waals surface area contributed by atoms with Gasteiger partial charge in [0.2, 0.25) is 0 Å². The normalized spacial score (nSPS) is 13.5. The summed E-state index contributed by atoms with van der Waals surface area (Å²) in [7, 11) is 0. The first-order valence-electron chi connectivity index (χ1n) is 4.07. The van der Waals surface area contributed by atoms with Gasteiger partial charge in [0, 0.05) is 5.75 Å². The Morgan fingerprint density at radius 2 is 2.00 bits per heavy atom. The molecule has 0 radical (unpaired) electrons. The molecule has 10 heavy (non-hydrogen) atoms. The van der Waals surface area contributed by atoms with Crippen molar-refractivity contribution in [2.75, 3.05) is 11.5 Å². The topological polar surface area (TPSA) is 20.2 Å². The zero-order valence-electron chi connectivity index (χ0n) is 6.97. The SMILES string of the molecule is CCCSCC(O)CCC. The monoisotopic (exact) mass is 162 g/mol. The van der Waals surface area contributed by atoms with E-state index in [0.717, 1.165) is 18.6 Å². The molecule has 1 nitrogen and oxygen atoms in total. The molecule has 0 fully saturated rings. The van der Waals surface area contributed by atoms with Gasteiger partial charge in [-0.15, -0.1) is 0 Å². The van der Waals surface area contributed by atoms with Gasteiger partial charge in [-0.2, -0.15) is 11.8 Å². The molecular weight excluding hydrogens is 144 g/mol. The highest BCUT2D eigenvalue weighted by atomic mass is 32.2. The lowest BCUT2D eigenvalue weighted by molar-refractivity contribution is 0.188. The lowest BCUT2D eigenvalue weighted by Gasteiger charge is -2.06. The third-order valence-electron chi connectivity index (χ3n) is 1.28. The van der Waals surface area contributed by atoms with E-state index in [9.17, 15) is 5.11 Å². The van der Waals surface area contributed by atoms with Crippen molar-refractivity contribution < 1.29 is 5.11 Å². The summed E-state index contributed by atoms with van der Waals surface area (Å²) < 4.78 is 0. The maximum Gasteiger partial charge on any atom is 0.0630 e. The maximum atomic E-state index is 9.25. The summed E-state index contributed by atoms with van der Waals surface area (Å²) >= 11 is 1.85. The zero-order chi connectivity index (χ0) is 7.82. The Labute approximate surface area is 68.2 Å². The molecule has 0 aliphatic heterocycles. The smallest absolute Gasteiger partial charge is 0.0630 e. The lowest BCUT2D eigenvalue weighted by atomic mass is 10.2. The van der Waals surface area contributed by atoms with Crippen LogP contribution in [-0.4, -0.2) is 22.7 Å². The molecule has 0 rings (SSSR count). The number of aliphatic hydroxyl groups is 1. The quantitative estimate of drug-likeness (QED) is 0.605.